The van der Waals surface area contributed by atoms with Gasteiger partial charge in [-0.3, -0.25) is 14.5 Å². The van der Waals surface area contributed by atoms with Crippen LogP contribution in [0.3, 0.4) is 0 Å². The second-order valence-corrected chi connectivity index (χ2v) is 11.6. The molecule has 0 atom stereocenters. The topological polar surface area (TPSA) is 99.0 Å². The standard InChI is InChI=1S/C27H41N5O3/c1-25(2,23(28)34)29-22(33)18-31-19-26(32(24(31)35)17-20-9-8-10-20)13-15-27(16-14-26,30(3)4)21-11-6-5-7-12-21/h5-7,11-12,20H,8-10,13-19H2,1-4H3,(H2,28,34)(H,29,33)/t26-,27-. The highest BCUT2D eigenvalue weighted by atomic mass is 16.2. The van der Waals surface area contributed by atoms with Crippen molar-refractivity contribution in [1.29, 1.82) is 0 Å². The molecule has 1 spiro atoms. The number of carbonyl (C=O) groups is 3. The second kappa shape index (κ2) is 9.45. The highest BCUT2D eigenvalue weighted by molar-refractivity contribution is 5.92. The van der Waals surface area contributed by atoms with Crippen LogP contribution in [-0.2, 0) is 15.1 Å². The zero-order chi connectivity index (χ0) is 25.4. The normalized spacial score (nSPS) is 27.4. The van der Waals surface area contributed by atoms with E-state index in [2.05, 4.69) is 59.5 Å². The largest absolute Gasteiger partial charge is 0.368 e. The van der Waals surface area contributed by atoms with Gasteiger partial charge in [0, 0.05) is 18.6 Å². The third-order valence-electron chi connectivity index (χ3n) is 8.80. The second-order valence-electron chi connectivity index (χ2n) is 11.6. The summed E-state index contributed by atoms with van der Waals surface area (Å²) in [7, 11) is 4.29. The van der Waals surface area contributed by atoms with E-state index in [1.54, 1.807) is 18.7 Å². The lowest BCUT2D eigenvalue weighted by Crippen LogP contribution is -2.56. The van der Waals surface area contributed by atoms with Crippen LogP contribution in [0.2, 0.25) is 0 Å². The Bertz CT molecular complexity index is 949. The number of benzene rings is 1. The van der Waals surface area contributed by atoms with Crippen LogP contribution in [-0.4, -0.2) is 77.4 Å². The Morgan fingerprint density at radius 1 is 1.11 bits per heavy atom. The number of urea groups is 1. The molecule has 3 fully saturated rings. The predicted octanol–water partition coefficient (Wildman–Crippen LogP) is 2.67. The van der Waals surface area contributed by atoms with Gasteiger partial charge in [-0.2, -0.15) is 0 Å². The highest BCUT2D eigenvalue weighted by Crippen LogP contribution is 2.49. The lowest BCUT2D eigenvalue weighted by Gasteiger charge is -2.51. The number of hydrogen-bond donors (Lipinski definition) is 2. The number of nitrogens with one attached hydrogen (secondary N) is 1. The summed E-state index contributed by atoms with van der Waals surface area (Å²) in [6.07, 6.45) is 7.25. The molecule has 0 bridgehead atoms. The molecule has 4 rings (SSSR count). The molecule has 8 nitrogen and oxygen atoms in total. The van der Waals surface area contributed by atoms with Crippen molar-refractivity contribution in [2.45, 2.75) is 75.4 Å². The molecule has 8 heteroatoms. The van der Waals surface area contributed by atoms with Gasteiger partial charge < -0.3 is 20.9 Å². The third kappa shape index (κ3) is 4.77. The van der Waals surface area contributed by atoms with Crippen molar-refractivity contribution in [1.82, 2.24) is 20.0 Å². The van der Waals surface area contributed by atoms with Crippen molar-refractivity contribution in [3.63, 3.8) is 0 Å². The molecule has 3 N–H and O–H groups in total. The Morgan fingerprint density at radius 2 is 1.74 bits per heavy atom. The molecule has 0 radical (unpaired) electrons. The van der Waals surface area contributed by atoms with Crippen LogP contribution in [0.15, 0.2) is 30.3 Å². The first-order valence-electron chi connectivity index (χ1n) is 12.9. The van der Waals surface area contributed by atoms with E-state index in [4.69, 9.17) is 5.73 Å². The van der Waals surface area contributed by atoms with Crippen LogP contribution in [0.25, 0.3) is 0 Å². The first kappa shape index (κ1) is 25.5. The molecule has 35 heavy (non-hydrogen) atoms. The molecule has 2 saturated carbocycles. The number of hydrogen-bond acceptors (Lipinski definition) is 4. The Labute approximate surface area is 209 Å². The fourth-order valence-corrected chi connectivity index (χ4v) is 6.13. The van der Waals surface area contributed by atoms with Crippen molar-refractivity contribution in [3.05, 3.63) is 35.9 Å². The molecule has 1 saturated heterocycles. The van der Waals surface area contributed by atoms with Crippen molar-refractivity contribution in [2.24, 2.45) is 11.7 Å². The molecule has 3 aliphatic rings. The minimum atomic E-state index is -1.16. The summed E-state index contributed by atoms with van der Waals surface area (Å²) in [5.74, 6) is -0.409. The molecule has 1 heterocycles. The van der Waals surface area contributed by atoms with Gasteiger partial charge in [0.05, 0.1) is 5.54 Å². The number of rotatable bonds is 8. The van der Waals surface area contributed by atoms with Gasteiger partial charge >= 0.3 is 6.03 Å². The average molecular weight is 484 g/mol. The maximum Gasteiger partial charge on any atom is 0.321 e. The van der Waals surface area contributed by atoms with Gasteiger partial charge in [0.15, 0.2) is 0 Å². The van der Waals surface area contributed by atoms with Gasteiger partial charge in [0.25, 0.3) is 0 Å². The van der Waals surface area contributed by atoms with Gasteiger partial charge in [-0.1, -0.05) is 36.8 Å². The van der Waals surface area contributed by atoms with Crippen LogP contribution >= 0.6 is 0 Å². The van der Waals surface area contributed by atoms with E-state index in [-0.39, 0.29) is 29.6 Å². The van der Waals surface area contributed by atoms with Crippen molar-refractivity contribution in [3.8, 4) is 0 Å². The number of amides is 4. The van der Waals surface area contributed by atoms with E-state index in [1.807, 2.05) is 0 Å². The van der Waals surface area contributed by atoms with E-state index in [0.717, 1.165) is 32.2 Å². The van der Waals surface area contributed by atoms with Crippen molar-refractivity contribution in [2.75, 3.05) is 33.7 Å². The van der Waals surface area contributed by atoms with Crippen molar-refractivity contribution >= 4 is 17.8 Å². The summed E-state index contributed by atoms with van der Waals surface area (Å²) in [4.78, 5) is 44.2. The lowest BCUT2D eigenvalue weighted by atomic mass is 9.68. The third-order valence-corrected chi connectivity index (χ3v) is 8.80. The predicted molar refractivity (Wildman–Crippen MR) is 135 cm³/mol. The number of primary amides is 1. The summed E-state index contributed by atoms with van der Waals surface area (Å²) in [5, 5.41) is 2.69. The zero-order valence-corrected chi connectivity index (χ0v) is 21.7. The zero-order valence-electron chi connectivity index (χ0n) is 21.7. The van der Waals surface area contributed by atoms with Gasteiger partial charge in [-0.25, -0.2) is 4.79 Å². The van der Waals surface area contributed by atoms with Crippen LogP contribution in [0.1, 0.15) is 64.4 Å². The number of nitrogens with two attached hydrogens (primary N) is 1. The number of nitrogens with zero attached hydrogens (tertiary/aromatic N) is 3. The van der Waals surface area contributed by atoms with Gasteiger partial charge in [-0.15, -0.1) is 0 Å². The summed E-state index contributed by atoms with van der Waals surface area (Å²) in [6, 6.07) is 10.6. The van der Waals surface area contributed by atoms with E-state index < -0.39 is 11.4 Å². The molecular weight excluding hydrogens is 442 g/mol. The Kier molecular flexibility index (Phi) is 6.88. The van der Waals surface area contributed by atoms with Crippen molar-refractivity contribution < 1.29 is 14.4 Å². The Morgan fingerprint density at radius 3 is 2.26 bits per heavy atom. The van der Waals surface area contributed by atoms with E-state index in [0.29, 0.717) is 12.5 Å². The smallest absolute Gasteiger partial charge is 0.321 e. The fraction of sp³-hybridized carbons (Fsp3) is 0.667. The first-order valence-corrected chi connectivity index (χ1v) is 12.9. The summed E-state index contributed by atoms with van der Waals surface area (Å²) in [6.45, 7) is 4.41. The number of carbonyl (C=O) groups excluding carboxylic acids is 3. The van der Waals surface area contributed by atoms with Crippen LogP contribution in [0.5, 0.6) is 0 Å². The van der Waals surface area contributed by atoms with Crippen LogP contribution in [0, 0.1) is 5.92 Å². The monoisotopic (exact) mass is 483 g/mol. The molecular formula is C27H41N5O3. The molecule has 1 aromatic carbocycles. The quantitative estimate of drug-likeness (QED) is 0.594. The maximum absolute atomic E-state index is 13.6. The van der Waals surface area contributed by atoms with Gasteiger partial charge in [-0.05, 0) is 77.9 Å². The first-order chi connectivity index (χ1) is 16.5. The molecule has 0 unspecified atom stereocenters. The Balaban J connectivity index is 1.54. The van der Waals surface area contributed by atoms with Gasteiger partial charge in [0.1, 0.15) is 12.1 Å². The minimum absolute atomic E-state index is 0.0546. The summed E-state index contributed by atoms with van der Waals surface area (Å²) < 4.78 is 0. The minimum Gasteiger partial charge on any atom is -0.368 e. The average Bonchev–Trinajstić information content (AvgIpc) is 3.01. The van der Waals surface area contributed by atoms with Gasteiger partial charge in [0.2, 0.25) is 11.8 Å². The molecule has 2 aliphatic carbocycles. The SMILES string of the molecule is CN(C)[C@]1(c2ccccc2)CC[C@@]2(CC1)CN(CC(=O)NC(C)(C)C(N)=O)C(=O)N2CC1CCC1. The molecule has 1 aliphatic heterocycles. The van der Waals surface area contributed by atoms with E-state index >= 15 is 0 Å². The highest BCUT2D eigenvalue weighted by Gasteiger charge is 2.55. The maximum atomic E-state index is 13.6. The molecule has 1 aromatic rings. The molecule has 0 aromatic heterocycles. The molecule has 4 amide bonds. The van der Waals surface area contributed by atoms with E-state index in [1.165, 1.54) is 24.8 Å². The lowest BCUT2D eigenvalue weighted by molar-refractivity contribution is -0.130. The molecule has 192 valence electrons. The van der Waals surface area contributed by atoms with E-state index in [9.17, 15) is 14.4 Å². The van der Waals surface area contributed by atoms with Crippen LogP contribution < -0.4 is 11.1 Å². The fourth-order valence-electron chi connectivity index (χ4n) is 6.13. The summed E-state index contributed by atoms with van der Waals surface area (Å²) >= 11 is 0. The Hall–Kier alpha value is -2.61. The summed E-state index contributed by atoms with van der Waals surface area (Å²) in [5.41, 5.74) is 5.25. The van der Waals surface area contributed by atoms with Crippen LogP contribution in [0.4, 0.5) is 4.79 Å².